The number of carbonyl (C=O) groups excluding carboxylic acids is 1. The Morgan fingerprint density at radius 3 is 2.95 bits per heavy atom. The molecule has 2 heterocycles. The minimum Gasteiger partial charge on any atom is -0.324 e. The standard InChI is InChI=1S/C15H19Cl2N3O/c16-10-1-4-13(17)14(7-10)19-15(21)9-20-6-5-11-2-3-12(8-20)18-11/h1,4,7,11-12,18H,2-3,5-6,8-9H2,(H,19,21). The highest BCUT2D eigenvalue weighted by atomic mass is 35.5. The van der Waals surface area contributed by atoms with Gasteiger partial charge in [-0.3, -0.25) is 9.69 Å². The van der Waals surface area contributed by atoms with Crippen LogP contribution in [-0.2, 0) is 4.79 Å². The van der Waals surface area contributed by atoms with E-state index < -0.39 is 0 Å². The van der Waals surface area contributed by atoms with Crippen LogP contribution >= 0.6 is 23.2 Å². The molecule has 2 bridgehead atoms. The summed E-state index contributed by atoms with van der Waals surface area (Å²) < 4.78 is 0. The average Bonchev–Trinajstić information content (AvgIpc) is 2.77. The lowest BCUT2D eigenvalue weighted by Gasteiger charge is -2.23. The number of fused-ring (bicyclic) bond motifs is 2. The Labute approximate surface area is 134 Å². The van der Waals surface area contributed by atoms with Crippen molar-refractivity contribution in [2.24, 2.45) is 0 Å². The first kappa shape index (κ1) is 15.1. The molecule has 2 N–H and O–H groups in total. The molecule has 4 nitrogen and oxygen atoms in total. The van der Waals surface area contributed by atoms with Gasteiger partial charge in [0.1, 0.15) is 0 Å². The lowest BCUT2D eigenvalue weighted by molar-refractivity contribution is -0.117. The van der Waals surface area contributed by atoms with E-state index in [9.17, 15) is 4.79 Å². The van der Waals surface area contributed by atoms with E-state index in [4.69, 9.17) is 23.2 Å². The number of anilines is 1. The highest BCUT2D eigenvalue weighted by molar-refractivity contribution is 6.35. The molecule has 2 atom stereocenters. The lowest BCUT2D eigenvalue weighted by Crippen LogP contribution is -2.39. The van der Waals surface area contributed by atoms with Crippen LogP contribution in [0.15, 0.2) is 18.2 Å². The zero-order valence-corrected chi connectivity index (χ0v) is 13.3. The fourth-order valence-corrected chi connectivity index (χ4v) is 3.48. The molecule has 1 amide bonds. The van der Waals surface area contributed by atoms with Crippen LogP contribution in [0.1, 0.15) is 19.3 Å². The number of carbonyl (C=O) groups is 1. The number of nitrogens with zero attached hydrogens (tertiary/aromatic N) is 1. The smallest absolute Gasteiger partial charge is 0.238 e. The first-order valence-corrected chi connectivity index (χ1v) is 8.09. The van der Waals surface area contributed by atoms with E-state index in [0.29, 0.717) is 34.4 Å². The van der Waals surface area contributed by atoms with Crippen molar-refractivity contribution in [3.05, 3.63) is 28.2 Å². The number of nitrogens with one attached hydrogen (secondary N) is 2. The van der Waals surface area contributed by atoms with Crippen LogP contribution in [0.3, 0.4) is 0 Å². The summed E-state index contributed by atoms with van der Waals surface area (Å²) in [7, 11) is 0. The molecule has 0 radical (unpaired) electrons. The third kappa shape index (κ3) is 3.89. The highest BCUT2D eigenvalue weighted by Crippen LogP contribution is 2.25. The summed E-state index contributed by atoms with van der Waals surface area (Å²) in [5.41, 5.74) is 0.573. The van der Waals surface area contributed by atoms with Crippen molar-refractivity contribution >= 4 is 34.8 Å². The molecular weight excluding hydrogens is 309 g/mol. The van der Waals surface area contributed by atoms with E-state index in [1.807, 2.05) is 0 Å². The number of hydrogen-bond donors (Lipinski definition) is 2. The summed E-state index contributed by atoms with van der Waals surface area (Å²) >= 11 is 12.0. The van der Waals surface area contributed by atoms with Crippen molar-refractivity contribution < 1.29 is 4.79 Å². The van der Waals surface area contributed by atoms with E-state index in [1.54, 1.807) is 18.2 Å². The molecule has 114 valence electrons. The number of hydrogen-bond acceptors (Lipinski definition) is 3. The summed E-state index contributed by atoms with van der Waals surface area (Å²) in [5.74, 6) is -0.0445. The van der Waals surface area contributed by atoms with Gasteiger partial charge in [-0.15, -0.1) is 0 Å². The van der Waals surface area contributed by atoms with Crippen LogP contribution in [0, 0.1) is 0 Å². The van der Waals surface area contributed by atoms with Gasteiger partial charge in [0.15, 0.2) is 0 Å². The first-order chi connectivity index (χ1) is 10.1. The van der Waals surface area contributed by atoms with Gasteiger partial charge in [-0.05, 0) is 37.5 Å². The van der Waals surface area contributed by atoms with Gasteiger partial charge in [0.25, 0.3) is 0 Å². The molecule has 6 heteroatoms. The molecule has 21 heavy (non-hydrogen) atoms. The monoisotopic (exact) mass is 327 g/mol. The summed E-state index contributed by atoms with van der Waals surface area (Å²) in [6.07, 6.45) is 3.59. The first-order valence-electron chi connectivity index (χ1n) is 7.33. The van der Waals surface area contributed by atoms with Crippen molar-refractivity contribution in [3.8, 4) is 0 Å². The van der Waals surface area contributed by atoms with Crippen LogP contribution in [0.25, 0.3) is 0 Å². The second-order valence-electron chi connectivity index (χ2n) is 5.83. The largest absolute Gasteiger partial charge is 0.324 e. The van der Waals surface area contributed by atoms with Crippen LogP contribution in [-0.4, -0.2) is 42.5 Å². The van der Waals surface area contributed by atoms with Crippen LogP contribution in [0.4, 0.5) is 5.69 Å². The van der Waals surface area contributed by atoms with Crippen molar-refractivity contribution in [2.75, 3.05) is 25.0 Å². The third-order valence-electron chi connectivity index (χ3n) is 4.18. The zero-order chi connectivity index (χ0) is 14.8. The quantitative estimate of drug-likeness (QED) is 0.897. The number of likely N-dealkylation sites (tertiary alicyclic amines) is 1. The van der Waals surface area contributed by atoms with Gasteiger partial charge in [-0.25, -0.2) is 0 Å². The average molecular weight is 328 g/mol. The molecular formula is C15H19Cl2N3O. The van der Waals surface area contributed by atoms with Gasteiger partial charge in [0.2, 0.25) is 5.91 Å². The summed E-state index contributed by atoms with van der Waals surface area (Å²) in [6, 6.07) is 6.23. The predicted octanol–water partition coefficient (Wildman–Crippen LogP) is 2.76. The summed E-state index contributed by atoms with van der Waals surface area (Å²) in [6.45, 7) is 2.30. The van der Waals surface area contributed by atoms with E-state index in [-0.39, 0.29) is 5.91 Å². The molecule has 3 rings (SSSR count). The number of rotatable bonds is 3. The molecule has 2 saturated heterocycles. The molecule has 1 aromatic carbocycles. The van der Waals surface area contributed by atoms with Gasteiger partial charge >= 0.3 is 0 Å². The zero-order valence-electron chi connectivity index (χ0n) is 11.7. The predicted molar refractivity (Wildman–Crippen MR) is 86.1 cm³/mol. The van der Waals surface area contributed by atoms with Crippen LogP contribution < -0.4 is 10.6 Å². The summed E-state index contributed by atoms with van der Waals surface area (Å²) in [5, 5.41) is 7.52. The Bertz CT molecular complexity index is 538. The Morgan fingerprint density at radius 1 is 1.29 bits per heavy atom. The van der Waals surface area contributed by atoms with Crippen LogP contribution in [0.5, 0.6) is 0 Å². The molecule has 1 aromatic rings. The van der Waals surface area contributed by atoms with Gasteiger partial charge in [-0.2, -0.15) is 0 Å². The van der Waals surface area contributed by atoms with E-state index in [2.05, 4.69) is 15.5 Å². The van der Waals surface area contributed by atoms with E-state index in [0.717, 1.165) is 19.5 Å². The highest BCUT2D eigenvalue weighted by Gasteiger charge is 2.29. The SMILES string of the molecule is O=C(CN1CCC2CCC(C1)N2)Nc1cc(Cl)ccc1Cl. The molecule has 2 aliphatic rings. The Kier molecular flexibility index (Phi) is 4.69. The lowest BCUT2D eigenvalue weighted by atomic mass is 10.1. The maximum atomic E-state index is 12.2. The second-order valence-corrected chi connectivity index (χ2v) is 6.68. The molecule has 0 spiro atoms. The second kappa shape index (κ2) is 6.53. The topological polar surface area (TPSA) is 44.4 Å². The molecule has 0 aliphatic carbocycles. The Hall–Kier alpha value is -0.810. The number of amides is 1. The van der Waals surface area contributed by atoms with Gasteiger partial charge in [0.05, 0.1) is 17.3 Å². The molecule has 2 unspecified atom stereocenters. The maximum absolute atomic E-state index is 12.2. The van der Waals surface area contributed by atoms with Crippen molar-refractivity contribution in [2.45, 2.75) is 31.3 Å². The third-order valence-corrected chi connectivity index (χ3v) is 4.74. The Balaban J connectivity index is 1.57. The molecule has 2 aliphatic heterocycles. The fraction of sp³-hybridized carbons (Fsp3) is 0.533. The van der Waals surface area contributed by atoms with E-state index >= 15 is 0 Å². The minimum atomic E-state index is -0.0445. The maximum Gasteiger partial charge on any atom is 0.238 e. The van der Waals surface area contributed by atoms with Crippen molar-refractivity contribution in [1.29, 1.82) is 0 Å². The fourth-order valence-electron chi connectivity index (χ4n) is 3.15. The minimum absolute atomic E-state index is 0.0445. The summed E-state index contributed by atoms with van der Waals surface area (Å²) in [4.78, 5) is 14.4. The Morgan fingerprint density at radius 2 is 2.10 bits per heavy atom. The number of benzene rings is 1. The van der Waals surface area contributed by atoms with Crippen molar-refractivity contribution in [3.63, 3.8) is 0 Å². The molecule has 2 fully saturated rings. The normalized spacial score (nSPS) is 25.6. The molecule has 0 aromatic heterocycles. The van der Waals surface area contributed by atoms with Gasteiger partial charge in [0, 0.05) is 30.2 Å². The molecule has 0 saturated carbocycles. The van der Waals surface area contributed by atoms with Gasteiger partial charge < -0.3 is 10.6 Å². The van der Waals surface area contributed by atoms with Gasteiger partial charge in [-0.1, -0.05) is 23.2 Å². The van der Waals surface area contributed by atoms with Crippen molar-refractivity contribution in [1.82, 2.24) is 10.2 Å². The number of halogens is 2. The van der Waals surface area contributed by atoms with Crippen LogP contribution in [0.2, 0.25) is 10.0 Å². The van der Waals surface area contributed by atoms with E-state index in [1.165, 1.54) is 12.8 Å².